The average Bonchev–Trinajstić information content (AvgIpc) is 2.99. The molecule has 33 heavy (non-hydrogen) atoms. The molecule has 1 aromatic carbocycles. The van der Waals surface area contributed by atoms with Gasteiger partial charge in [-0.15, -0.1) is 11.3 Å². The molecule has 1 amide bonds. The molecule has 2 aromatic heterocycles. The number of nitrogens with zero attached hydrogens (tertiary/aromatic N) is 3. The Hall–Kier alpha value is -2.63. The summed E-state index contributed by atoms with van der Waals surface area (Å²) in [6.45, 7) is 5.53. The molecule has 1 unspecified atom stereocenters. The van der Waals surface area contributed by atoms with Crippen molar-refractivity contribution in [2.75, 3.05) is 5.75 Å². The Balaban J connectivity index is 1.74. The van der Waals surface area contributed by atoms with Crippen molar-refractivity contribution in [2.24, 2.45) is 5.92 Å². The molecule has 8 heteroatoms. The van der Waals surface area contributed by atoms with Crippen LogP contribution >= 0.6 is 23.1 Å². The lowest BCUT2D eigenvalue weighted by atomic mass is 9.90. The molecule has 0 aliphatic heterocycles. The van der Waals surface area contributed by atoms with Crippen LogP contribution in [-0.2, 0) is 17.6 Å². The topological polar surface area (TPSA) is 87.8 Å². The minimum Gasteiger partial charge on any atom is -0.337 e. The van der Waals surface area contributed by atoms with E-state index in [9.17, 15) is 14.9 Å². The number of hydrogen-bond acceptors (Lipinski definition) is 6. The Labute approximate surface area is 202 Å². The molecule has 1 atom stereocenters. The van der Waals surface area contributed by atoms with Gasteiger partial charge in [-0.25, -0.2) is 4.98 Å². The Kier molecular flexibility index (Phi) is 6.91. The molecular formula is C25H28N4O2S2. The number of nitrogens with one attached hydrogen (secondary N) is 1. The molecule has 2 heterocycles. The van der Waals surface area contributed by atoms with Gasteiger partial charge in [-0.05, 0) is 56.2 Å². The van der Waals surface area contributed by atoms with Gasteiger partial charge in [0, 0.05) is 4.88 Å². The van der Waals surface area contributed by atoms with E-state index < -0.39 is 5.54 Å². The number of aromatic nitrogens is 2. The number of rotatable bonds is 6. The van der Waals surface area contributed by atoms with E-state index in [1.165, 1.54) is 23.1 Å². The van der Waals surface area contributed by atoms with Gasteiger partial charge < -0.3 is 5.32 Å². The normalized spacial score (nSPS) is 15.5. The highest BCUT2D eigenvalue weighted by atomic mass is 32.2. The summed E-state index contributed by atoms with van der Waals surface area (Å²) >= 11 is 2.84. The average molecular weight is 481 g/mol. The standard InChI is InChI=1S/C25H28N4O2S2/c1-16(2)25(3,15-26)28-20(30)14-32-24-27-22-21(18-12-8-5-9-13-19(18)33-22)23(31)29(24)17-10-6-4-7-11-17/h4,6-7,10-11,16H,5,8-9,12-14H2,1-3H3,(H,28,30). The summed E-state index contributed by atoms with van der Waals surface area (Å²) in [7, 11) is 0. The van der Waals surface area contributed by atoms with Crippen LogP contribution in [0.2, 0.25) is 0 Å². The molecule has 0 bridgehead atoms. The summed E-state index contributed by atoms with van der Waals surface area (Å²) < 4.78 is 1.63. The zero-order valence-electron chi connectivity index (χ0n) is 19.2. The number of hydrogen-bond donors (Lipinski definition) is 1. The van der Waals surface area contributed by atoms with Crippen molar-refractivity contribution in [1.82, 2.24) is 14.9 Å². The first-order valence-electron chi connectivity index (χ1n) is 11.3. The smallest absolute Gasteiger partial charge is 0.267 e. The number of thioether (sulfide) groups is 1. The fourth-order valence-electron chi connectivity index (χ4n) is 4.02. The summed E-state index contributed by atoms with van der Waals surface area (Å²) in [6, 6.07) is 11.7. The first kappa shape index (κ1) is 23.5. The molecule has 4 rings (SSSR count). The largest absolute Gasteiger partial charge is 0.337 e. The Morgan fingerprint density at radius 1 is 1.27 bits per heavy atom. The Morgan fingerprint density at radius 2 is 2.00 bits per heavy atom. The zero-order valence-corrected chi connectivity index (χ0v) is 20.8. The van der Waals surface area contributed by atoms with E-state index in [0.29, 0.717) is 5.16 Å². The summed E-state index contributed by atoms with van der Waals surface area (Å²) in [6.07, 6.45) is 5.33. The molecule has 6 nitrogen and oxygen atoms in total. The van der Waals surface area contributed by atoms with Crippen LogP contribution in [0.5, 0.6) is 0 Å². The van der Waals surface area contributed by atoms with Gasteiger partial charge in [0.15, 0.2) is 5.16 Å². The zero-order chi connectivity index (χ0) is 23.6. The van der Waals surface area contributed by atoms with Crippen molar-refractivity contribution in [3.05, 3.63) is 51.1 Å². The van der Waals surface area contributed by atoms with E-state index in [-0.39, 0.29) is 23.1 Å². The maximum atomic E-state index is 13.8. The third-order valence-electron chi connectivity index (χ3n) is 6.34. The lowest BCUT2D eigenvalue weighted by Crippen LogP contribution is -2.49. The van der Waals surface area contributed by atoms with E-state index in [4.69, 9.17) is 4.98 Å². The van der Waals surface area contributed by atoms with Crippen LogP contribution in [0.3, 0.4) is 0 Å². The van der Waals surface area contributed by atoms with Gasteiger partial charge >= 0.3 is 0 Å². The van der Waals surface area contributed by atoms with Gasteiger partial charge in [0.2, 0.25) is 5.91 Å². The molecular weight excluding hydrogens is 452 g/mol. The minimum atomic E-state index is -0.945. The van der Waals surface area contributed by atoms with E-state index >= 15 is 0 Å². The first-order valence-corrected chi connectivity index (χ1v) is 13.1. The summed E-state index contributed by atoms with van der Waals surface area (Å²) in [5.41, 5.74) is 0.875. The summed E-state index contributed by atoms with van der Waals surface area (Å²) in [5, 5.41) is 13.6. The molecule has 1 aliphatic carbocycles. The van der Waals surface area contributed by atoms with E-state index in [1.54, 1.807) is 22.8 Å². The third kappa shape index (κ3) is 4.71. The quantitative estimate of drug-likeness (QED) is 0.309. The molecule has 0 radical (unpaired) electrons. The highest BCUT2D eigenvalue weighted by Gasteiger charge is 2.30. The van der Waals surface area contributed by atoms with E-state index in [0.717, 1.165) is 47.2 Å². The fraction of sp³-hybridized carbons (Fsp3) is 0.440. The summed E-state index contributed by atoms with van der Waals surface area (Å²) in [4.78, 5) is 33.4. The van der Waals surface area contributed by atoms with Crippen LogP contribution in [0.1, 0.15) is 50.5 Å². The van der Waals surface area contributed by atoms with Crippen LogP contribution in [0.15, 0.2) is 40.3 Å². The van der Waals surface area contributed by atoms with Crippen molar-refractivity contribution >= 4 is 39.2 Å². The summed E-state index contributed by atoms with van der Waals surface area (Å²) in [5.74, 6) is -0.219. The lowest BCUT2D eigenvalue weighted by Gasteiger charge is -2.27. The number of thiophene rings is 1. The number of fused-ring (bicyclic) bond motifs is 3. The molecule has 0 fully saturated rings. The Bertz CT molecular complexity index is 1270. The van der Waals surface area contributed by atoms with Gasteiger partial charge in [0.05, 0.1) is 22.9 Å². The molecule has 1 aliphatic rings. The van der Waals surface area contributed by atoms with E-state index in [1.807, 2.05) is 44.2 Å². The molecule has 0 saturated carbocycles. The van der Waals surface area contributed by atoms with Crippen LogP contribution in [0.25, 0.3) is 15.9 Å². The third-order valence-corrected chi connectivity index (χ3v) is 8.47. The van der Waals surface area contributed by atoms with E-state index in [2.05, 4.69) is 11.4 Å². The van der Waals surface area contributed by atoms with Gasteiger partial charge in [-0.1, -0.05) is 50.2 Å². The highest BCUT2D eigenvalue weighted by molar-refractivity contribution is 7.99. The molecule has 0 spiro atoms. The maximum absolute atomic E-state index is 13.8. The van der Waals surface area contributed by atoms with Gasteiger partial charge in [-0.2, -0.15) is 5.26 Å². The molecule has 3 aromatic rings. The number of nitriles is 1. The highest BCUT2D eigenvalue weighted by Crippen LogP contribution is 2.34. The lowest BCUT2D eigenvalue weighted by molar-refractivity contribution is -0.120. The number of carbonyl (C=O) groups excluding carboxylic acids is 1. The second-order valence-electron chi connectivity index (χ2n) is 8.92. The van der Waals surface area contributed by atoms with Crippen molar-refractivity contribution in [2.45, 2.75) is 63.6 Å². The van der Waals surface area contributed by atoms with Gasteiger partial charge in [-0.3, -0.25) is 14.2 Å². The van der Waals surface area contributed by atoms with Crippen LogP contribution < -0.4 is 10.9 Å². The fourth-order valence-corrected chi connectivity index (χ4v) is 6.14. The minimum absolute atomic E-state index is 0.0325. The second kappa shape index (κ2) is 9.70. The van der Waals surface area contributed by atoms with Crippen LogP contribution in [0, 0.1) is 17.2 Å². The predicted octanol–water partition coefficient (Wildman–Crippen LogP) is 4.86. The number of carbonyl (C=O) groups is 1. The number of aryl methyl sites for hydroxylation is 2. The van der Waals surface area contributed by atoms with Crippen LogP contribution in [-0.4, -0.2) is 26.8 Å². The SMILES string of the molecule is CC(C)C(C)(C#N)NC(=O)CSc1nc2sc3c(c2c(=O)n1-c1ccccc1)CCCCC3. The number of para-hydroxylation sites is 1. The van der Waals surface area contributed by atoms with Crippen molar-refractivity contribution in [3.8, 4) is 11.8 Å². The second-order valence-corrected chi connectivity index (χ2v) is 10.9. The van der Waals surface area contributed by atoms with Crippen molar-refractivity contribution in [1.29, 1.82) is 5.26 Å². The number of amides is 1. The maximum Gasteiger partial charge on any atom is 0.267 e. The van der Waals surface area contributed by atoms with Gasteiger partial charge in [0.1, 0.15) is 10.4 Å². The van der Waals surface area contributed by atoms with Crippen molar-refractivity contribution < 1.29 is 4.79 Å². The molecule has 172 valence electrons. The Morgan fingerprint density at radius 3 is 2.70 bits per heavy atom. The number of benzene rings is 1. The van der Waals surface area contributed by atoms with Crippen molar-refractivity contribution in [3.63, 3.8) is 0 Å². The van der Waals surface area contributed by atoms with Gasteiger partial charge in [0.25, 0.3) is 5.56 Å². The monoisotopic (exact) mass is 480 g/mol. The predicted molar refractivity (Wildman–Crippen MR) is 134 cm³/mol. The molecule has 1 N–H and O–H groups in total. The molecule has 0 saturated heterocycles. The van der Waals surface area contributed by atoms with Crippen LogP contribution in [0.4, 0.5) is 0 Å². The first-order chi connectivity index (χ1) is 15.8.